The van der Waals surface area contributed by atoms with Gasteiger partial charge in [-0.25, -0.2) is 4.79 Å². The van der Waals surface area contributed by atoms with Crippen LogP contribution in [0.15, 0.2) is 0 Å². The van der Waals surface area contributed by atoms with E-state index in [1.807, 2.05) is 16.0 Å². The van der Waals surface area contributed by atoms with E-state index >= 15 is 0 Å². The Kier molecular flexibility index (Phi) is 10.8. The van der Waals surface area contributed by atoms with Gasteiger partial charge in [0.15, 0.2) is 0 Å². The van der Waals surface area contributed by atoms with E-state index in [4.69, 9.17) is 27.4 Å². The van der Waals surface area contributed by atoms with Gasteiger partial charge < -0.3 is 48.5 Å². The highest BCUT2D eigenvalue weighted by molar-refractivity contribution is 5.96. The predicted molar refractivity (Wildman–Crippen MR) is 93.2 cm³/mol. The summed E-state index contributed by atoms with van der Waals surface area (Å²) in [6.07, 6.45) is -1.28. The number of nitrogens with one attached hydrogen (secondary N) is 3. The van der Waals surface area contributed by atoms with E-state index in [-0.39, 0.29) is 0 Å². The maximum absolute atomic E-state index is 12.2. The molecule has 4 atom stereocenters. The lowest BCUT2D eigenvalue weighted by Crippen LogP contribution is -2.59. The Morgan fingerprint density at radius 3 is 1.52 bits per heavy atom. The van der Waals surface area contributed by atoms with Gasteiger partial charge in [-0.2, -0.15) is 0 Å². The van der Waals surface area contributed by atoms with Crippen LogP contribution in [0.2, 0.25) is 0 Å². The molecule has 164 valence electrons. The quantitative estimate of drug-likeness (QED) is 0.136. The Morgan fingerprint density at radius 1 is 0.690 bits per heavy atom. The normalized spacial score (nSPS) is 14.6. The number of primary amides is 2. The van der Waals surface area contributed by atoms with Gasteiger partial charge in [0, 0.05) is 0 Å². The third-order valence-corrected chi connectivity index (χ3v) is 3.41. The number of carboxylic acid groups (broad SMARTS) is 1. The van der Waals surface area contributed by atoms with Crippen LogP contribution in [0.5, 0.6) is 0 Å². The molecule has 0 bridgehead atoms. The number of amides is 5. The van der Waals surface area contributed by atoms with Crippen LogP contribution in [0.1, 0.15) is 12.8 Å². The molecular formula is C14H24N6O9. The number of aliphatic carboxylic acids is 1. The van der Waals surface area contributed by atoms with Crippen LogP contribution < -0.4 is 33.2 Å². The van der Waals surface area contributed by atoms with Crippen molar-refractivity contribution in [2.45, 2.75) is 37.0 Å². The molecule has 0 saturated carbocycles. The van der Waals surface area contributed by atoms with Gasteiger partial charge in [-0.3, -0.25) is 24.0 Å². The van der Waals surface area contributed by atoms with Crippen LogP contribution in [-0.2, 0) is 28.8 Å². The molecule has 0 aromatic heterocycles. The summed E-state index contributed by atoms with van der Waals surface area (Å²) in [6, 6.07) is -6.41. The number of hydrogen-bond acceptors (Lipinski definition) is 9. The van der Waals surface area contributed by atoms with Crippen LogP contribution >= 0.6 is 0 Å². The number of rotatable bonds is 13. The van der Waals surface area contributed by atoms with Crippen molar-refractivity contribution >= 4 is 35.5 Å². The van der Waals surface area contributed by atoms with Gasteiger partial charge in [0.05, 0.1) is 32.1 Å². The zero-order valence-corrected chi connectivity index (χ0v) is 15.2. The summed E-state index contributed by atoms with van der Waals surface area (Å²) in [5.74, 6) is -6.78. The summed E-state index contributed by atoms with van der Waals surface area (Å²) >= 11 is 0. The lowest BCUT2D eigenvalue weighted by atomic mass is 10.1. The Bertz CT molecular complexity index is 655. The summed E-state index contributed by atoms with van der Waals surface area (Å²) in [7, 11) is 0. The van der Waals surface area contributed by atoms with Crippen LogP contribution in [0.25, 0.3) is 0 Å². The van der Waals surface area contributed by atoms with Crippen LogP contribution in [0.4, 0.5) is 0 Å². The third kappa shape index (κ3) is 9.45. The Hall–Kier alpha value is -3.30. The number of hydrogen-bond donors (Lipinski definition) is 9. The van der Waals surface area contributed by atoms with E-state index < -0.39 is 85.7 Å². The lowest BCUT2D eigenvalue weighted by Gasteiger charge is -2.23. The zero-order valence-electron chi connectivity index (χ0n) is 15.2. The van der Waals surface area contributed by atoms with Gasteiger partial charge in [0.1, 0.15) is 18.1 Å². The second-order valence-electron chi connectivity index (χ2n) is 5.83. The van der Waals surface area contributed by atoms with Gasteiger partial charge in [-0.05, 0) is 0 Å². The number of carbonyl (C=O) groups excluding carboxylic acids is 5. The molecule has 0 spiro atoms. The van der Waals surface area contributed by atoms with E-state index in [0.29, 0.717) is 0 Å². The molecule has 5 amide bonds. The molecule has 0 aromatic rings. The molecule has 0 unspecified atom stereocenters. The van der Waals surface area contributed by atoms with Crippen LogP contribution in [0, 0.1) is 0 Å². The van der Waals surface area contributed by atoms with Gasteiger partial charge >= 0.3 is 5.97 Å². The van der Waals surface area contributed by atoms with Gasteiger partial charge in [-0.15, -0.1) is 0 Å². The SMILES string of the molecule is NC(=O)C[C@H](NC(=O)[C@H](CO)NC(=O)[C@@H](N)CC(N)=O)C(=O)N[C@@H](CO)C(=O)O. The molecule has 29 heavy (non-hydrogen) atoms. The fourth-order valence-corrected chi connectivity index (χ4v) is 1.92. The molecule has 0 aliphatic heterocycles. The van der Waals surface area contributed by atoms with E-state index in [1.54, 1.807) is 0 Å². The van der Waals surface area contributed by atoms with E-state index in [2.05, 4.69) is 0 Å². The first-order valence-electron chi connectivity index (χ1n) is 8.10. The van der Waals surface area contributed by atoms with Gasteiger partial charge in [-0.1, -0.05) is 0 Å². The highest BCUT2D eigenvalue weighted by atomic mass is 16.4. The fraction of sp³-hybridized carbons (Fsp3) is 0.571. The maximum Gasteiger partial charge on any atom is 0.328 e. The van der Waals surface area contributed by atoms with Crippen molar-refractivity contribution in [2.24, 2.45) is 17.2 Å². The van der Waals surface area contributed by atoms with Crippen molar-refractivity contribution in [3.05, 3.63) is 0 Å². The molecule has 0 saturated heterocycles. The van der Waals surface area contributed by atoms with Crippen molar-refractivity contribution in [2.75, 3.05) is 13.2 Å². The Morgan fingerprint density at radius 2 is 1.10 bits per heavy atom. The van der Waals surface area contributed by atoms with E-state index in [1.165, 1.54) is 0 Å². The highest BCUT2D eigenvalue weighted by Crippen LogP contribution is 1.97. The Labute approximate surface area is 164 Å². The van der Waals surface area contributed by atoms with E-state index in [0.717, 1.165) is 0 Å². The summed E-state index contributed by atoms with van der Waals surface area (Å²) in [6.45, 7) is -1.91. The first-order valence-corrected chi connectivity index (χ1v) is 8.10. The second-order valence-corrected chi connectivity index (χ2v) is 5.83. The zero-order chi connectivity index (χ0) is 22.7. The van der Waals surface area contributed by atoms with Crippen molar-refractivity contribution in [3.63, 3.8) is 0 Å². The maximum atomic E-state index is 12.2. The summed E-state index contributed by atoms with van der Waals surface area (Å²) in [4.78, 5) is 69.0. The van der Waals surface area contributed by atoms with Crippen LogP contribution in [0.3, 0.4) is 0 Å². The highest BCUT2D eigenvalue weighted by Gasteiger charge is 2.31. The smallest absolute Gasteiger partial charge is 0.328 e. The van der Waals surface area contributed by atoms with Gasteiger partial charge in [0.25, 0.3) is 0 Å². The van der Waals surface area contributed by atoms with Crippen molar-refractivity contribution in [1.29, 1.82) is 0 Å². The monoisotopic (exact) mass is 420 g/mol. The molecule has 0 radical (unpaired) electrons. The summed E-state index contributed by atoms with van der Waals surface area (Å²) in [5.41, 5.74) is 15.3. The molecular weight excluding hydrogens is 396 g/mol. The molecule has 0 aliphatic rings. The number of aliphatic hydroxyl groups is 2. The fourth-order valence-electron chi connectivity index (χ4n) is 1.92. The first kappa shape index (κ1) is 25.7. The molecule has 15 nitrogen and oxygen atoms in total. The minimum Gasteiger partial charge on any atom is -0.480 e. The molecule has 15 heteroatoms. The largest absolute Gasteiger partial charge is 0.480 e. The van der Waals surface area contributed by atoms with Crippen molar-refractivity contribution < 1.29 is 44.1 Å². The number of carbonyl (C=O) groups is 6. The van der Waals surface area contributed by atoms with Crippen molar-refractivity contribution in [1.82, 2.24) is 16.0 Å². The summed E-state index contributed by atoms with van der Waals surface area (Å²) < 4.78 is 0. The minimum atomic E-state index is -1.71. The number of aliphatic hydroxyl groups excluding tert-OH is 2. The molecule has 0 fully saturated rings. The van der Waals surface area contributed by atoms with Gasteiger partial charge in [0.2, 0.25) is 29.5 Å². The number of nitrogens with two attached hydrogens (primary N) is 3. The molecule has 12 N–H and O–H groups in total. The standard InChI is InChI=1S/C14H24N6O9/c15-5(1-9(16)23)11(25)19-7(3-21)13(27)18-6(2-10(17)24)12(26)20-8(4-22)14(28)29/h5-8,21-22H,1-4,15H2,(H2,16,23)(H2,17,24)(H,18,27)(H,19,25)(H,20,26)(H,28,29)/t5-,6-,7-,8-/m0/s1. The minimum absolute atomic E-state index is 0.532. The van der Waals surface area contributed by atoms with Crippen LogP contribution in [-0.4, -0.2) is 88.2 Å². The third-order valence-electron chi connectivity index (χ3n) is 3.41. The second kappa shape index (κ2) is 12.2. The molecule has 0 rings (SSSR count). The van der Waals surface area contributed by atoms with E-state index in [9.17, 15) is 33.9 Å². The average molecular weight is 420 g/mol. The lowest BCUT2D eigenvalue weighted by molar-refractivity contribution is -0.143. The molecule has 0 aromatic carbocycles. The predicted octanol–water partition coefficient (Wildman–Crippen LogP) is -6.41. The Balaban J connectivity index is 5.19. The van der Waals surface area contributed by atoms with Crippen molar-refractivity contribution in [3.8, 4) is 0 Å². The first-order chi connectivity index (χ1) is 13.4. The summed E-state index contributed by atoms with van der Waals surface area (Å²) in [5, 5.41) is 33.0. The average Bonchev–Trinajstić information content (AvgIpc) is 2.61. The number of carboxylic acids is 1. The molecule has 0 aliphatic carbocycles. The topological polar surface area (TPSA) is 277 Å². The molecule has 0 heterocycles.